The Labute approximate surface area is 161 Å². The minimum Gasteiger partial charge on any atom is -0.491 e. The molecule has 0 bridgehead atoms. The van der Waals surface area contributed by atoms with Gasteiger partial charge >= 0.3 is 0 Å². The molecule has 2 atom stereocenters. The zero-order valence-electron chi connectivity index (χ0n) is 15.1. The molecule has 1 aliphatic heterocycles. The number of aromatic nitrogens is 3. The van der Waals surface area contributed by atoms with Crippen molar-refractivity contribution in [1.29, 1.82) is 0 Å². The quantitative estimate of drug-likeness (QED) is 0.554. The lowest BCUT2D eigenvalue weighted by Crippen LogP contribution is -2.32. The van der Waals surface area contributed by atoms with Crippen LogP contribution in [0.25, 0.3) is 11.0 Å². The maximum atomic E-state index is 6.33. The van der Waals surface area contributed by atoms with Crippen LogP contribution in [-0.2, 0) is 21.7 Å². The molecular weight excluding hydrogens is 358 g/mol. The highest BCUT2D eigenvalue weighted by molar-refractivity contribution is 5.77. The Morgan fingerprint density at radius 1 is 1.11 bits per heavy atom. The first-order valence-electron chi connectivity index (χ1n) is 9.14. The third-order valence-electron chi connectivity index (χ3n) is 4.70. The fraction of sp³-hybridized carbons (Fsp3) is 0.238. The predicted molar refractivity (Wildman–Crippen MR) is 101 cm³/mol. The molecular formula is C21H19N3O4. The number of hydrogen-bond acceptors (Lipinski definition) is 6. The van der Waals surface area contributed by atoms with Crippen LogP contribution in [0.5, 0.6) is 5.75 Å². The van der Waals surface area contributed by atoms with E-state index in [9.17, 15) is 0 Å². The molecule has 0 radical (unpaired) electrons. The molecule has 0 unspecified atom stereocenters. The summed E-state index contributed by atoms with van der Waals surface area (Å²) in [5, 5.41) is 7.79. The Kier molecular flexibility index (Phi) is 4.31. The Morgan fingerprint density at radius 3 is 2.79 bits per heavy atom. The Bertz CT molecular complexity index is 1010. The van der Waals surface area contributed by atoms with Crippen LogP contribution in [0.15, 0.2) is 71.4 Å². The van der Waals surface area contributed by atoms with Crippen molar-refractivity contribution in [3.63, 3.8) is 0 Å². The van der Waals surface area contributed by atoms with Gasteiger partial charge in [-0.15, -0.1) is 0 Å². The maximum absolute atomic E-state index is 6.33. The molecule has 0 aliphatic carbocycles. The van der Waals surface area contributed by atoms with Gasteiger partial charge in [0.1, 0.15) is 36.2 Å². The van der Waals surface area contributed by atoms with Gasteiger partial charge in [0, 0.05) is 5.39 Å². The van der Waals surface area contributed by atoms with E-state index in [0.717, 1.165) is 16.7 Å². The summed E-state index contributed by atoms with van der Waals surface area (Å²) in [5.41, 5.74) is 0.783. The van der Waals surface area contributed by atoms with Crippen molar-refractivity contribution in [2.75, 3.05) is 13.2 Å². The average molecular weight is 377 g/mol. The fourth-order valence-electron chi connectivity index (χ4n) is 3.37. The summed E-state index contributed by atoms with van der Waals surface area (Å²) in [6.45, 7) is 0.764. The molecule has 1 aliphatic rings. The minimum absolute atomic E-state index is 0.240. The summed E-state index contributed by atoms with van der Waals surface area (Å²) in [6.07, 6.45) is 1.58. The van der Waals surface area contributed by atoms with E-state index in [4.69, 9.17) is 18.6 Å². The summed E-state index contributed by atoms with van der Waals surface area (Å²) >= 11 is 0. The zero-order chi connectivity index (χ0) is 18.8. The van der Waals surface area contributed by atoms with E-state index in [0.29, 0.717) is 31.2 Å². The van der Waals surface area contributed by atoms with Crippen LogP contribution < -0.4 is 4.74 Å². The molecule has 1 saturated heterocycles. The highest BCUT2D eigenvalue weighted by Gasteiger charge is 2.47. The van der Waals surface area contributed by atoms with E-state index >= 15 is 0 Å². The smallest absolute Gasteiger partial charge is 0.236 e. The van der Waals surface area contributed by atoms with Gasteiger partial charge in [0.25, 0.3) is 0 Å². The van der Waals surface area contributed by atoms with E-state index in [1.165, 1.54) is 6.33 Å². The highest BCUT2D eigenvalue weighted by atomic mass is 16.8. The summed E-state index contributed by atoms with van der Waals surface area (Å²) in [5.74, 6) is 0.975. The molecule has 2 aromatic heterocycles. The number of ether oxygens (including phenoxy) is 3. The van der Waals surface area contributed by atoms with E-state index in [1.807, 2.05) is 60.7 Å². The van der Waals surface area contributed by atoms with Gasteiger partial charge in [-0.2, -0.15) is 5.10 Å². The van der Waals surface area contributed by atoms with Crippen LogP contribution in [0.2, 0.25) is 0 Å². The van der Waals surface area contributed by atoms with Gasteiger partial charge in [-0.05, 0) is 24.3 Å². The van der Waals surface area contributed by atoms with Gasteiger partial charge in [-0.25, -0.2) is 4.98 Å². The Morgan fingerprint density at radius 2 is 1.96 bits per heavy atom. The number of nitrogens with zero attached hydrogens (tertiary/aromatic N) is 2. The predicted octanol–water partition coefficient (Wildman–Crippen LogP) is 3.44. The first-order chi connectivity index (χ1) is 13.8. The molecule has 5 rings (SSSR count). The average Bonchev–Trinajstić information content (AvgIpc) is 3.47. The van der Waals surface area contributed by atoms with Crippen molar-refractivity contribution in [1.82, 2.24) is 15.2 Å². The number of hydrogen-bond donors (Lipinski definition) is 1. The Balaban J connectivity index is 1.40. The molecule has 7 heteroatoms. The molecule has 4 aromatic rings. The summed E-state index contributed by atoms with van der Waals surface area (Å²) < 4.78 is 24.4. The van der Waals surface area contributed by atoms with Crippen LogP contribution in [0.1, 0.15) is 11.6 Å². The normalized spacial score (nSPS) is 21.9. The van der Waals surface area contributed by atoms with Gasteiger partial charge < -0.3 is 18.6 Å². The van der Waals surface area contributed by atoms with E-state index in [2.05, 4.69) is 15.2 Å². The standard InChI is InChI=1S/C21H19N3O4/c1-2-7-16(8-3-1)25-12-17-13-26-21(28-17,11-20-22-14-23-24-20)19-10-15-6-4-5-9-18(15)27-19/h1-10,14,17H,11-13H2,(H,22,23,24)/t17-,21+/m1/s1. The van der Waals surface area contributed by atoms with Crippen LogP contribution in [0, 0.1) is 0 Å². The lowest BCUT2D eigenvalue weighted by molar-refractivity contribution is -0.190. The molecule has 3 heterocycles. The number of para-hydroxylation sites is 2. The maximum Gasteiger partial charge on any atom is 0.236 e. The largest absolute Gasteiger partial charge is 0.491 e. The second-order valence-corrected chi connectivity index (χ2v) is 6.69. The molecule has 7 nitrogen and oxygen atoms in total. The molecule has 2 aromatic carbocycles. The van der Waals surface area contributed by atoms with E-state index < -0.39 is 5.79 Å². The molecule has 1 fully saturated rings. The first-order valence-corrected chi connectivity index (χ1v) is 9.14. The second kappa shape index (κ2) is 7.10. The van der Waals surface area contributed by atoms with Crippen LogP contribution >= 0.6 is 0 Å². The SMILES string of the molecule is c1ccc(OC[C@@H]2CO[C@](Cc3ncn[nH]3)(c3cc4ccccc4o3)O2)cc1. The van der Waals surface area contributed by atoms with Gasteiger partial charge in [0.2, 0.25) is 5.79 Å². The van der Waals surface area contributed by atoms with Crippen molar-refractivity contribution >= 4 is 11.0 Å². The lowest BCUT2D eigenvalue weighted by Gasteiger charge is -2.25. The van der Waals surface area contributed by atoms with Gasteiger partial charge in [-0.3, -0.25) is 5.10 Å². The minimum atomic E-state index is -1.08. The first kappa shape index (κ1) is 17.0. The molecule has 0 amide bonds. The summed E-state index contributed by atoms with van der Waals surface area (Å²) in [4.78, 5) is 4.22. The number of fused-ring (bicyclic) bond motifs is 1. The molecule has 1 N–H and O–H groups in total. The molecule has 0 spiro atoms. The highest BCUT2D eigenvalue weighted by Crippen LogP contribution is 2.39. The van der Waals surface area contributed by atoms with Gasteiger partial charge in [0.05, 0.1) is 13.0 Å². The van der Waals surface area contributed by atoms with Gasteiger partial charge in [0.15, 0.2) is 5.76 Å². The third-order valence-corrected chi connectivity index (χ3v) is 4.70. The number of H-pyrrole nitrogens is 1. The van der Waals surface area contributed by atoms with Crippen molar-refractivity contribution in [2.45, 2.75) is 18.3 Å². The fourth-order valence-corrected chi connectivity index (χ4v) is 3.37. The molecule has 28 heavy (non-hydrogen) atoms. The summed E-state index contributed by atoms with van der Waals surface area (Å²) in [7, 11) is 0. The second-order valence-electron chi connectivity index (χ2n) is 6.69. The van der Waals surface area contributed by atoms with Crippen LogP contribution in [-0.4, -0.2) is 34.5 Å². The van der Waals surface area contributed by atoms with Crippen molar-refractivity contribution in [2.24, 2.45) is 0 Å². The van der Waals surface area contributed by atoms with Crippen molar-refractivity contribution < 1.29 is 18.6 Å². The topological polar surface area (TPSA) is 82.4 Å². The van der Waals surface area contributed by atoms with Crippen LogP contribution in [0.3, 0.4) is 0 Å². The Hall–Kier alpha value is -3.16. The number of nitrogens with one attached hydrogen (secondary N) is 1. The summed E-state index contributed by atoms with van der Waals surface area (Å²) in [6, 6.07) is 19.4. The number of rotatable bonds is 6. The monoisotopic (exact) mass is 377 g/mol. The number of furan rings is 1. The zero-order valence-corrected chi connectivity index (χ0v) is 15.1. The van der Waals surface area contributed by atoms with Gasteiger partial charge in [-0.1, -0.05) is 36.4 Å². The molecule has 142 valence electrons. The van der Waals surface area contributed by atoms with E-state index in [1.54, 1.807) is 0 Å². The van der Waals surface area contributed by atoms with E-state index in [-0.39, 0.29) is 6.10 Å². The third kappa shape index (κ3) is 3.26. The van der Waals surface area contributed by atoms with Crippen molar-refractivity contribution in [3.8, 4) is 5.75 Å². The van der Waals surface area contributed by atoms with Crippen LogP contribution in [0.4, 0.5) is 0 Å². The number of aromatic amines is 1. The molecule has 0 saturated carbocycles. The van der Waals surface area contributed by atoms with Crippen molar-refractivity contribution in [3.05, 3.63) is 78.6 Å². The number of benzene rings is 2. The lowest BCUT2D eigenvalue weighted by atomic mass is 10.1.